The van der Waals surface area contributed by atoms with Crippen molar-refractivity contribution in [1.29, 1.82) is 0 Å². The average Bonchev–Trinajstić information content (AvgIpc) is 3.16. The summed E-state index contributed by atoms with van der Waals surface area (Å²) in [4.78, 5) is 9.29. The molecule has 0 unspecified atom stereocenters. The van der Waals surface area contributed by atoms with Gasteiger partial charge in [0, 0.05) is 24.8 Å². The molecule has 0 bridgehead atoms. The predicted octanol–water partition coefficient (Wildman–Crippen LogP) is 3.67. The second kappa shape index (κ2) is 6.51. The van der Waals surface area contributed by atoms with Crippen molar-refractivity contribution in [2.75, 3.05) is 0 Å². The van der Waals surface area contributed by atoms with Crippen LogP contribution < -0.4 is 16.4 Å². The van der Waals surface area contributed by atoms with Crippen LogP contribution in [0.5, 0.6) is 0 Å². The first-order valence-corrected chi connectivity index (χ1v) is 11.0. The Labute approximate surface area is 187 Å². The van der Waals surface area contributed by atoms with Crippen molar-refractivity contribution >= 4 is 23.1 Å². The molecule has 148 valence electrons. The minimum absolute atomic E-state index is 0.151. The third-order valence-electron chi connectivity index (χ3n) is 7.22. The molecule has 7 rings (SSSR count). The molecule has 2 nitrogen and oxygen atoms in total. The summed E-state index contributed by atoms with van der Waals surface area (Å²) < 4.78 is 0. The van der Waals surface area contributed by atoms with Crippen LogP contribution in [0.4, 0.5) is 0 Å². The molecule has 1 spiro atoms. The van der Waals surface area contributed by atoms with Gasteiger partial charge in [-0.2, -0.15) is 0 Å². The van der Waals surface area contributed by atoms with Gasteiger partial charge in [-0.3, -0.25) is 9.97 Å². The maximum atomic E-state index is 4.64. The van der Waals surface area contributed by atoms with Crippen LogP contribution in [-0.4, -0.2) is 16.7 Å². The fourth-order valence-electron chi connectivity index (χ4n) is 6.07. The highest BCUT2D eigenvalue weighted by Crippen LogP contribution is 2.55. The normalized spacial score (nSPS) is 14.4. The lowest BCUT2D eigenvalue weighted by molar-refractivity contribution is 0.764. The number of aromatic nitrogens is 2. The van der Waals surface area contributed by atoms with Crippen LogP contribution in [0.25, 0.3) is 11.1 Å². The molecule has 3 aromatic carbocycles. The van der Waals surface area contributed by atoms with Gasteiger partial charge in [0.1, 0.15) is 0 Å². The van der Waals surface area contributed by atoms with Crippen LogP contribution in [0.2, 0.25) is 0 Å². The molecule has 1 aliphatic heterocycles. The number of pyridine rings is 2. The van der Waals surface area contributed by atoms with Gasteiger partial charge in [0.25, 0.3) is 0 Å². The summed E-state index contributed by atoms with van der Waals surface area (Å²) in [7, 11) is 0. The molecule has 0 amide bonds. The second-order valence-electron chi connectivity index (χ2n) is 8.61. The minimum atomic E-state index is -0.411. The molecule has 2 aromatic heterocycles. The van der Waals surface area contributed by atoms with Gasteiger partial charge in [-0.25, -0.2) is 0 Å². The molecule has 0 fully saturated rings. The zero-order chi connectivity index (χ0) is 21.1. The Hall–Kier alpha value is -3.98. The Kier molecular flexibility index (Phi) is 3.60. The Morgan fingerprint density at radius 3 is 1.56 bits per heavy atom. The van der Waals surface area contributed by atoms with Crippen molar-refractivity contribution in [2.45, 2.75) is 5.41 Å². The fourth-order valence-corrected chi connectivity index (χ4v) is 6.07. The lowest BCUT2D eigenvalue weighted by Crippen LogP contribution is -2.61. The summed E-state index contributed by atoms with van der Waals surface area (Å²) in [6.07, 6.45) is 8.03. The Morgan fingerprint density at radius 2 is 1.00 bits per heavy atom. The van der Waals surface area contributed by atoms with E-state index in [0.717, 1.165) is 0 Å². The maximum absolute atomic E-state index is 4.64. The van der Waals surface area contributed by atoms with Gasteiger partial charge in [-0.15, -0.1) is 0 Å². The van der Waals surface area contributed by atoms with Crippen LogP contribution in [0.1, 0.15) is 22.3 Å². The van der Waals surface area contributed by atoms with E-state index in [1.807, 2.05) is 12.4 Å². The van der Waals surface area contributed by atoms with E-state index in [0.29, 0.717) is 0 Å². The van der Waals surface area contributed by atoms with Crippen molar-refractivity contribution < 1.29 is 0 Å². The van der Waals surface area contributed by atoms with Gasteiger partial charge in [0.15, 0.2) is 0 Å². The van der Waals surface area contributed by atoms with Crippen LogP contribution in [-0.2, 0) is 5.41 Å². The summed E-state index contributed by atoms with van der Waals surface area (Å²) in [5, 5.41) is 0. The highest BCUT2D eigenvalue weighted by molar-refractivity contribution is 6.96. The number of nitrogens with zero attached hydrogens (tertiary/aromatic N) is 2. The summed E-state index contributed by atoms with van der Waals surface area (Å²) in [5.74, 6) is 0. The lowest BCUT2D eigenvalue weighted by atomic mass is 9.31. The maximum Gasteiger partial charge on any atom is 0.242 e. The fraction of sp³-hybridized carbons (Fsp3) is 0.0345. The van der Waals surface area contributed by atoms with Crippen LogP contribution in [0.3, 0.4) is 0 Å². The number of hydrogen-bond acceptors (Lipinski definition) is 2. The van der Waals surface area contributed by atoms with Gasteiger partial charge in [-0.1, -0.05) is 95.3 Å². The van der Waals surface area contributed by atoms with Gasteiger partial charge in [-0.05, 0) is 45.5 Å². The summed E-state index contributed by atoms with van der Waals surface area (Å²) in [6.45, 7) is 0.151. The molecular weight excluding hydrogens is 387 g/mol. The molecule has 3 heteroatoms. The van der Waals surface area contributed by atoms with Crippen molar-refractivity contribution in [3.05, 3.63) is 138 Å². The minimum Gasteiger partial charge on any atom is -0.264 e. The molecule has 2 aliphatic rings. The zero-order valence-electron chi connectivity index (χ0n) is 17.4. The third kappa shape index (κ3) is 2.10. The summed E-state index contributed by atoms with van der Waals surface area (Å²) >= 11 is 0. The smallest absolute Gasteiger partial charge is 0.242 e. The largest absolute Gasteiger partial charge is 0.264 e. The Morgan fingerprint density at radius 1 is 0.500 bits per heavy atom. The quantitative estimate of drug-likeness (QED) is 0.389. The molecule has 0 N–H and O–H groups in total. The summed E-state index contributed by atoms with van der Waals surface area (Å²) in [5.41, 5.74) is 11.3. The predicted molar refractivity (Wildman–Crippen MR) is 130 cm³/mol. The Bertz CT molecular complexity index is 1400. The van der Waals surface area contributed by atoms with Crippen molar-refractivity contribution in [3.8, 4) is 11.1 Å². The van der Waals surface area contributed by atoms with Gasteiger partial charge >= 0.3 is 0 Å². The van der Waals surface area contributed by atoms with Gasteiger partial charge in [0.2, 0.25) is 6.71 Å². The molecule has 0 atom stereocenters. The molecule has 1 aliphatic carbocycles. The first-order chi connectivity index (χ1) is 15.9. The van der Waals surface area contributed by atoms with E-state index in [-0.39, 0.29) is 6.71 Å². The topological polar surface area (TPSA) is 25.8 Å². The first-order valence-electron chi connectivity index (χ1n) is 11.0. The molecule has 0 saturated carbocycles. The molecule has 0 radical (unpaired) electrons. The molecule has 32 heavy (non-hydrogen) atoms. The van der Waals surface area contributed by atoms with E-state index in [4.69, 9.17) is 0 Å². The van der Waals surface area contributed by atoms with Gasteiger partial charge < -0.3 is 0 Å². The molecular formula is C29H19BN2. The number of hydrogen-bond donors (Lipinski definition) is 0. The highest BCUT2D eigenvalue weighted by Gasteiger charge is 2.52. The number of benzene rings is 3. The second-order valence-corrected chi connectivity index (χ2v) is 8.61. The van der Waals surface area contributed by atoms with E-state index >= 15 is 0 Å². The Balaban J connectivity index is 1.67. The average molecular weight is 406 g/mol. The van der Waals surface area contributed by atoms with Crippen molar-refractivity contribution in [2.24, 2.45) is 0 Å². The van der Waals surface area contributed by atoms with E-state index in [2.05, 4.69) is 113 Å². The zero-order valence-corrected chi connectivity index (χ0v) is 17.4. The highest BCUT2D eigenvalue weighted by atomic mass is 14.7. The third-order valence-corrected chi connectivity index (χ3v) is 7.22. The molecule has 3 heterocycles. The number of fused-ring (bicyclic) bond motifs is 9. The van der Waals surface area contributed by atoms with Gasteiger partial charge in [0.05, 0.1) is 5.41 Å². The first kappa shape index (κ1) is 17.7. The van der Waals surface area contributed by atoms with Crippen molar-refractivity contribution in [1.82, 2.24) is 9.97 Å². The van der Waals surface area contributed by atoms with E-state index in [1.54, 1.807) is 0 Å². The lowest BCUT2D eigenvalue weighted by Gasteiger charge is -2.41. The number of rotatable bonds is 1. The van der Waals surface area contributed by atoms with E-state index in [9.17, 15) is 0 Å². The molecule has 5 aromatic rings. The standard InChI is InChI=1S/C29H19BN2/c1-2-8-20(9-3-1)30-27-14-16-31-18-25(27)29(26-19-32-17-15-28(26)30)23-12-6-4-10-21(23)22-11-5-7-13-24(22)29/h1-19H. The van der Waals surface area contributed by atoms with Crippen molar-refractivity contribution in [3.63, 3.8) is 0 Å². The summed E-state index contributed by atoms with van der Waals surface area (Å²) in [6, 6.07) is 32.9. The molecule has 0 saturated heterocycles. The van der Waals surface area contributed by atoms with E-state index in [1.165, 1.54) is 49.8 Å². The van der Waals surface area contributed by atoms with Crippen LogP contribution >= 0.6 is 0 Å². The monoisotopic (exact) mass is 406 g/mol. The van der Waals surface area contributed by atoms with Crippen LogP contribution in [0, 0.1) is 0 Å². The SMILES string of the molecule is c1ccc(B2c3ccncc3C3(c4cnccc42)c2ccccc2-c2ccccc23)cc1. The van der Waals surface area contributed by atoms with Crippen LogP contribution in [0.15, 0.2) is 116 Å². The van der Waals surface area contributed by atoms with E-state index < -0.39 is 5.41 Å².